The molecule has 2 aliphatic carbocycles. The molecule has 29 heavy (non-hydrogen) atoms. The van der Waals surface area contributed by atoms with Crippen LogP contribution in [0.2, 0.25) is 5.02 Å². The number of hydrogen-bond acceptors (Lipinski definition) is 2. The summed E-state index contributed by atoms with van der Waals surface area (Å²) in [5.74, 6) is 0.413. The van der Waals surface area contributed by atoms with E-state index in [1.165, 1.54) is 16.8 Å². The topological polar surface area (TPSA) is 46.9 Å². The fourth-order valence-corrected chi connectivity index (χ4v) is 4.82. The molecule has 1 amide bonds. The fourth-order valence-electron chi connectivity index (χ4n) is 4.54. The average molecular weight is 406 g/mol. The van der Waals surface area contributed by atoms with Gasteiger partial charge >= 0.3 is 0 Å². The van der Waals surface area contributed by atoms with E-state index < -0.39 is 0 Å². The summed E-state index contributed by atoms with van der Waals surface area (Å²) in [6.45, 7) is 0.772. The van der Waals surface area contributed by atoms with E-state index in [0.29, 0.717) is 0 Å². The molecule has 3 unspecified atom stereocenters. The average Bonchev–Trinajstić information content (AvgIpc) is 3.44. The van der Waals surface area contributed by atoms with Crippen molar-refractivity contribution in [1.82, 2.24) is 15.1 Å². The van der Waals surface area contributed by atoms with Crippen LogP contribution in [0.25, 0.3) is 0 Å². The van der Waals surface area contributed by atoms with E-state index in [9.17, 15) is 4.79 Å². The maximum Gasteiger partial charge on any atom is 0.224 e. The van der Waals surface area contributed by atoms with Gasteiger partial charge in [-0.05, 0) is 48.8 Å². The third-order valence-corrected chi connectivity index (χ3v) is 6.53. The standard InChI is InChI=1S/C24H24ClN3O/c25-21-10-5-4-9-17(21)18-13-19(18)24(29)27-22-11-6-12-23-20(22)14-26-28(23)15-16-7-2-1-3-8-16/h1-5,7-10,14,18-19,22H,6,11-13,15H2,(H,27,29). The molecule has 1 fully saturated rings. The van der Waals surface area contributed by atoms with Crippen LogP contribution in [0.3, 0.4) is 0 Å². The van der Waals surface area contributed by atoms with Crippen LogP contribution in [0, 0.1) is 5.92 Å². The maximum atomic E-state index is 12.9. The Morgan fingerprint density at radius 1 is 1.10 bits per heavy atom. The van der Waals surface area contributed by atoms with Crippen LogP contribution in [0.5, 0.6) is 0 Å². The van der Waals surface area contributed by atoms with Crippen LogP contribution in [0.15, 0.2) is 60.8 Å². The predicted molar refractivity (Wildman–Crippen MR) is 114 cm³/mol. The molecule has 5 rings (SSSR count). The molecule has 1 heterocycles. The molecule has 1 saturated carbocycles. The van der Waals surface area contributed by atoms with Crippen LogP contribution in [-0.4, -0.2) is 15.7 Å². The van der Waals surface area contributed by atoms with Gasteiger partial charge in [0.15, 0.2) is 0 Å². The zero-order valence-corrected chi connectivity index (χ0v) is 17.0. The molecule has 3 atom stereocenters. The van der Waals surface area contributed by atoms with Gasteiger partial charge in [-0.1, -0.05) is 60.1 Å². The zero-order chi connectivity index (χ0) is 19.8. The SMILES string of the molecule is O=C(NC1CCCc2c1cnn2Cc1ccccc1)C1CC1c1ccccc1Cl. The predicted octanol–water partition coefficient (Wildman–Crippen LogP) is 4.88. The second kappa shape index (κ2) is 7.68. The fraction of sp³-hybridized carbons (Fsp3) is 0.333. The number of aromatic nitrogens is 2. The summed E-state index contributed by atoms with van der Waals surface area (Å²) in [5, 5.41) is 8.69. The van der Waals surface area contributed by atoms with E-state index >= 15 is 0 Å². The first-order chi connectivity index (χ1) is 14.2. The van der Waals surface area contributed by atoms with Crippen LogP contribution in [0.4, 0.5) is 0 Å². The summed E-state index contributed by atoms with van der Waals surface area (Å²) < 4.78 is 2.09. The Morgan fingerprint density at radius 2 is 1.90 bits per heavy atom. The normalized spacial score (nSPS) is 22.7. The first-order valence-electron chi connectivity index (χ1n) is 10.3. The second-order valence-corrected chi connectivity index (χ2v) is 8.52. The van der Waals surface area contributed by atoms with Crippen molar-refractivity contribution in [2.24, 2.45) is 5.92 Å². The van der Waals surface area contributed by atoms with Crippen LogP contribution >= 0.6 is 11.6 Å². The molecule has 3 aromatic rings. The number of amides is 1. The molecule has 2 aromatic carbocycles. The highest BCUT2D eigenvalue weighted by Gasteiger charge is 2.45. The van der Waals surface area contributed by atoms with Crippen LogP contribution < -0.4 is 5.32 Å². The Labute approximate surface area is 175 Å². The quantitative estimate of drug-likeness (QED) is 0.657. The number of nitrogens with zero attached hydrogens (tertiary/aromatic N) is 2. The van der Waals surface area contributed by atoms with Crippen molar-refractivity contribution in [3.8, 4) is 0 Å². The highest BCUT2D eigenvalue weighted by atomic mass is 35.5. The number of fused-ring (bicyclic) bond motifs is 1. The summed E-state index contributed by atoms with van der Waals surface area (Å²) in [4.78, 5) is 12.9. The molecule has 1 aromatic heterocycles. The summed E-state index contributed by atoms with van der Waals surface area (Å²) in [6, 6.07) is 18.3. The van der Waals surface area contributed by atoms with Gasteiger partial charge in [-0.15, -0.1) is 0 Å². The van der Waals surface area contributed by atoms with Gasteiger partial charge in [-0.3, -0.25) is 9.48 Å². The Balaban J connectivity index is 1.28. The van der Waals surface area contributed by atoms with Gasteiger partial charge < -0.3 is 5.32 Å². The van der Waals surface area contributed by atoms with Gasteiger partial charge in [0.05, 0.1) is 18.8 Å². The van der Waals surface area contributed by atoms with E-state index in [-0.39, 0.29) is 23.8 Å². The lowest BCUT2D eigenvalue weighted by Crippen LogP contribution is -2.32. The lowest BCUT2D eigenvalue weighted by atomic mass is 9.92. The minimum Gasteiger partial charge on any atom is -0.349 e. The number of nitrogens with one attached hydrogen (secondary N) is 1. The van der Waals surface area contributed by atoms with Crippen LogP contribution in [-0.2, 0) is 17.8 Å². The summed E-state index contributed by atoms with van der Waals surface area (Å²) in [7, 11) is 0. The summed E-state index contributed by atoms with van der Waals surface area (Å²) >= 11 is 6.31. The molecule has 2 aliphatic rings. The molecule has 0 spiro atoms. The first-order valence-corrected chi connectivity index (χ1v) is 10.7. The third kappa shape index (κ3) is 3.69. The van der Waals surface area contributed by atoms with E-state index in [0.717, 1.165) is 42.8 Å². The monoisotopic (exact) mass is 405 g/mol. The van der Waals surface area contributed by atoms with Crippen molar-refractivity contribution in [2.75, 3.05) is 0 Å². The van der Waals surface area contributed by atoms with Gasteiger partial charge in [0, 0.05) is 22.2 Å². The zero-order valence-electron chi connectivity index (χ0n) is 16.2. The number of benzene rings is 2. The molecule has 0 radical (unpaired) electrons. The largest absolute Gasteiger partial charge is 0.349 e. The van der Waals surface area contributed by atoms with E-state index in [2.05, 4.69) is 39.4 Å². The number of carbonyl (C=O) groups excluding carboxylic acids is 1. The number of hydrogen-bond donors (Lipinski definition) is 1. The van der Waals surface area contributed by atoms with Gasteiger partial charge in [-0.25, -0.2) is 0 Å². The minimum absolute atomic E-state index is 0.0274. The second-order valence-electron chi connectivity index (χ2n) is 8.11. The van der Waals surface area contributed by atoms with E-state index in [1.54, 1.807) is 0 Å². The Kier molecular flexibility index (Phi) is 4.88. The summed E-state index contributed by atoms with van der Waals surface area (Å²) in [6.07, 6.45) is 5.87. The van der Waals surface area contributed by atoms with E-state index in [4.69, 9.17) is 11.6 Å². The molecule has 1 N–H and O–H groups in total. The maximum absolute atomic E-state index is 12.9. The number of rotatable bonds is 5. The minimum atomic E-state index is 0.0274. The lowest BCUT2D eigenvalue weighted by molar-refractivity contribution is -0.123. The van der Waals surface area contributed by atoms with Gasteiger partial charge in [0.2, 0.25) is 5.91 Å². The van der Waals surface area contributed by atoms with E-state index in [1.807, 2.05) is 36.5 Å². The molecular weight excluding hydrogens is 382 g/mol. The molecular formula is C24H24ClN3O. The van der Waals surface area contributed by atoms with Crippen molar-refractivity contribution in [3.63, 3.8) is 0 Å². The lowest BCUT2D eigenvalue weighted by Gasteiger charge is -2.24. The molecule has 0 aliphatic heterocycles. The number of halogens is 1. The third-order valence-electron chi connectivity index (χ3n) is 6.19. The van der Waals surface area contributed by atoms with Crippen molar-refractivity contribution >= 4 is 17.5 Å². The Bertz CT molecular complexity index is 1030. The highest BCUT2D eigenvalue weighted by molar-refractivity contribution is 6.31. The number of carbonyl (C=O) groups is 1. The molecule has 5 heteroatoms. The van der Waals surface area contributed by atoms with Crippen molar-refractivity contribution in [3.05, 3.63) is 88.2 Å². The molecule has 148 valence electrons. The Morgan fingerprint density at radius 3 is 2.72 bits per heavy atom. The van der Waals surface area contributed by atoms with Gasteiger partial charge in [-0.2, -0.15) is 5.10 Å². The summed E-state index contributed by atoms with van der Waals surface area (Å²) in [5.41, 5.74) is 4.76. The highest BCUT2D eigenvalue weighted by Crippen LogP contribution is 2.50. The first kappa shape index (κ1) is 18.4. The van der Waals surface area contributed by atoms with Crippen molar-refractivity contribution in [1.29, 1.82) is 0 Å². The van der Waals surface area contributed by atoms with Gasteiger partial charge in [0.25, 0.3) is 0 Å². The van der Waals surface area contributed by atoms with Crippen molar-refractivity contribution < 1.29 is 4.79 Å². The Hall–Kier alpha value is -2.59. The molecule has 0 bridgehead atoms. The van der Waals surface area contributed by atoms with Crippen LogP contribution in [0.1, 0.15) is 53.6 Å². The molecule has 4 nitrogen and oxygen atoms in total. The smallest absolute Gasteiger partial charge is 0.224 e. The molecule has 0 saturated heterocycles. The van der Waals surface area contributed by atoms with Gasteiger partial charge in [0.1, 0.15) is 0 Å². The van der Waals surface area contributed by atoms with Crippen molar-refractivity contribution in [2.45, 2.75) is 44.2 Å².